The summed E-state index contributed by atoms with van der Waals surface area (Å²) in [7, 11) is 0. The first-order chi connectivity index (χ1) is 13.4. The Hall–Kier alpha value is -2.74. The summed E-state index contributed by atoms with van der Waals surface area (Å²) in [6.45, 7) is 11.5. The SMILES string of the molecule is Cc1ccccc1N1c2cc3c(cc2N(C(C)(C)C)[C@@H]1C)-c1ccccc1C3. The smallest absolute Gasteiger partial charge is 0.104 e. The average molecular weight is 369 g/mol. The molecular weight excluding hydrogens is 340 g/mol. The number of hydrogen-bond donors (Lipinski definition) is 0. The molecule has 28 heavy (non-hydrogen) atoms. The zero-order valence-electron chi connectivity index (χ0n) is 17.5. The molecule has 0 amide bonds. The largest absolute Gasteiger partial charge is 0.345 e. The molecule has 2 aliphatic rings. The van der Waals surface area contributed by atoms with Crippen molar-refractivity contribution in [3.8, 4) is 11.1 Å². The predicted molar refractivity (Wildman–Crippen MR) is 120 cm³/mol. The lowest BCUT2D eigenvalue weighted by Crippen LogP contribution is -2.49. The van der Waals surface area contributed by atoms with E-state index in [0.29, 0.717) is 0 Å². The second-order valence-electron chi connectivity index (χ2n) is 9.16. The van der Waals surface area contributed by atoms with Crippen LogP contribution in [0, 0.1) is 6.92 Å². The highest BCUT2D eigenvalue weighted by Gasteiger charge is 2.41. The van der Waals surface area contributed by atoms with Gasteiger partial charge >= 0.3 is 0 Å². The number of benzene rings is 3. The van der Waals surface area contributed by atoms with Crippen molar-refractivity contribution in [3.63, 3.8) is 0 Å². The van der Waals surface area contributed by atoms with Crippen LogP contribution in [-0.4, -0.2) is 11.7 Å². The normalized spacial score (nSPS) is 17.5. The highest BCUT2D eigenvalue weighted by atomic mass is 15.4. The highest BCUT2D eigenvalue weighted by molar-refractivity contribution is 5.92. The second kappa shape index (κ2) is 5.88. The van der Waals surface area contributed by atoms with E-state index in [-0.39, 0.29) is 11.7 Å². The van der Waals surface area contributed by atoms with Gasteiger partial charge in [0.05, 0.1) is 11.4 Å². The molecule has 3 aromatic carbocycles. The van der Waals surface area contributed by atoms with Crippen molar-refractivity contribution in [3.05, 3.63) is 77.4 Å². The van der Waals surface area contributed by atoms with E-state index in [1.165, 1.54) is 44.9 Å². The number of hydrogen-bond acceptors (Lipinski definition) is 2. The fourth-order valence-electron chi connectivity index (χ4n) is 5.15. The summed E-state index contributed by atoms with van der Waals surface area (Å²) < 4.78 is 0. The van der Waals surface area contributed by atoms with E-state index in [4.69, 9.17) is 0 Å². The zero-order chi connectivity index (χ0) is 19.6. The van der Waals surface area contributed by atoms with E-state index in [0.717, 1.165) is 6.42 Å². The molecule has 0 radical (unpaired) electrons. The Morgan fingerprint density at radius 2 is 1.50 bits per heavy atom. The molecule has 1 aliphatic heterocycles. The maximum absolute atomic E-state index is 2.58. The van der Waals surface area contributed by atoms with Gasteiger partial charge in [-0.25, -0.2) is 0 Å². The van der Waals surface area contributed by atoms with Gasteiger partial charge in [0.25, 0.3) is 0 Å². The van der Waals surface area contributed by atoms with Crippen molar-refractivity contribution in [2.45, 2.75) is 52.7 Å². The van der Waals surface area contributed by atoms with Crippen LogP contribution in [0.4, 0.5) is 17.1 Å². The van der Waals surface area contributed by atoms with Crippen molar-refractivity contribution in [1.29, 1.82) is 0 Å². The summed E-state index contributed by atoms with van der Waals surface area (Å²) in [4.78, 5) is 5.11. The molecule has 0 N–H and O–H groups in total. The van der Waals surface area contributed by atoms with Crippen LogP contribution in [0.2, 0.25) is 0 Å². The van der Waals surface area contributed by atoms with E-state index in [2.05, 4.69) is 105 Å². The minimum absolute atomic E-state index is 0.0396. The summed E-state index contributed by atoms with van der Waals surface area (Å²) in [6.07, 6.45) is 1.30. The second-order valence-corrected chi connectivity index (χ2v) is 9.16. The molecule has 5 rings (SSSR count). The summed E-state index contributed by atoms with van der Waals surface area (Å²) >= 11 is 0. The monoisotopic (exact) mass is 368 g/mol. The van der Waals surface area contributed by atoms with Gasteiger partial charge in [0.15, 0.2) is 0 Å². The Morgan fingerprint density at radius 1 is 0.786 bits per heavy atom. The molecule has 0 aromatic heterocycles. The number of anilines is 3. The topological polar surface area (TPSA) is 6.48 Å². The molecule has 3 aromatic rings. The fourth-order valence-corrected chi connectivity index (χ4v) is 5.15. The number of nitrogens with zero attached hydrogens (tertiary/aromatic N) is 2. The number of rotatable bonds is 1. The van der Waals surface area contributed by atoms with Crippen LogP contribution >= 0.6 is 0 Å². The fraction of sp³-hybridized carbons (Fsp3) is 0.308. The van der Waals surface area contributed by atoms with E-state index >= 15 is 0 Å². The van der Waals surface area contributed by atoms with Crippen LogP contribution in [0.5, 0.6) is 0 Å². The van der Waals surface area contributed by atoms with Crippen LogP contribution in [-0.2, 0) is 6.42 Å². The lowest BCUT2D eigenvalue weighted by Gasteiger charge is -2.40. The lowest BCUT2D eigenvalue weighted by molar-refractivity contribution is 0.468. The molecule has 1 aliphatic carbocycles. The van der Waals surface area contributed by atoms with Crippen LogP contribution in [0.15, 0.2) is 60.7 Å². The van der Waals surface area contributed by atoms with Crippen LogP contribution in [0.3, 0.4) is 0 Å². The third-order valence-electron chi connectivity index (χ3n) is 6.25. The summed E-state index contributed by atoms with van der Waals surface area (Å²) in [5.41, 5.74) is 11.0. The number of aryl methyl sites for hydroxylation is 1. The molecule has 1 heterocycles. The first-order valence-electron chi connectivity index (χ1n) is 10.3. The highest BCUT2D eigenvalue weighted by Crippen LogP contribution is 2.52. The van der Waals surface area contributed by atoms with Crippen LogP contribution in [0.25, 0.3) is 11.1 Å². The molecule has 0 spiro atoms. The standard InChI is InChI=1S/C26H28N2/c1-17-10-6-9-13-23(17)27-18(2)28(26(3,4)5)25-16-22-20(15-24(25)27)14-19-11-7-8-12-21(19)22/h6-13,15-16,18H,14H2,1-5H3/t18-/m1/s1. The molecule has 142 valence electrons. The molecule has 0 fully saturated rings. The van der Waals surface area contributed by atoms with Gasteiger partial charge in [0.1, 0.15) is 6.17 Å². The molecule has 2 heteroatoms. The van der Waals surface area contributed by atoms with Gasteiger partial charge in [-0.3, -0.25) is 0 Å². The molecule has 0 unspecified atom stereocenters. The van der Waals surface area contributed by atoms with Gasteiger partial charge in [-0.15, -0.1) is 0 Å². The van der Waals surface area contributed by atoms with E-state index in [1.54, 1.807) is 0 Å². The molecule has 0 bridgehead atoms. The minimum Gasteiger partial charge on any atom is -0.345 e. The number of fused-ring (bicyclic) bond motifs is 4. The molecule has 0 saturated carbocycles. The Labute approximate surface area is 168 Å². The van der Waals surface area contributed by atoms with Crippen molar-refractivity contribution in [1.82, 2.24) is 0 Å². The molecule has 2 nitrogen and oxygen atoms in total. The zero-order valence-corrected chi connectivity index (χ0v) is 17.5. The quantitative estimate of drug-likeness (QED) is 0.370. The summed E-state index contributed by atoms with van der Waals surface area (Å²) in [5, 5.41) is 0. The molecule has 1 atom stereocenters. The third-order valence-corrected chi connectivity index (χ3v) is 6.25. The van der Waals surface area contributed by atoms with Gasteiger partial charge in [-0.1, -0.05) is 42.5 Å². The number of para-hydroxylation sites is 1. The van der Waals surface area contributed by atoms with Gasteiger partial charge in [-0.05, 0) is 87.1 Å². The van der Waals surface area contributed by atoms with Gasteiger partial charge in [0.2, 0.25) is 0 Å². The Balaban J connectivity index is 1.75. The van der Waals surface area contributed by atoms with Crippen molar-refractivity contribution >= 4 is 17.1 Å². The van der Waals surface area contributed by atoms with Crippen molar-refractivity contribution < 1.29 is 0 Å². The first-order valence-corrected chi connectivity index (χ1v) is 10.3. The van der Waals surface area contributed by atoms with E-state index in [1.807, 2.05) is 0 Å². The average Bonchev–Trinajstić information content (AvgIpc) is 3.14. The molecule has 0 saturated heterocycles. The predicted octanol–water partition coefficient (Wildman–Crippen LogP) is 6.67. The third kappa shape index (κ3) is 2.40. The lowest BCUT2D eigenvalue weighted by atomic mass is 10.0. The first kappa shape index (κ1) is 17.4. The Morgan fingerprint density at radius 3 is 2.25 bits per heavy atom. The van der Waals surface area contributed by atoms with Crippen LogP contribution < -0.4 is 9.80 Å². The van der Waals surface area contributed by atoms with Crippen LogP contribution in [0.1, 0.15) is 44.4 Å². The van der Waals surface area contributed by atoms with Gasteiger partial charge in [-0.2, -0.15) is 0 Å². The van der Waals surface area contributed by atoms with Gasteiger partial charge < -0.3 is 9.80 Å². The van der Waals surface area contributed by atoms with Crippen molar-refractivity contribution in [2.24, 2.45) is 0 Å². The maximum atomic E-state index is 2.58. The summed E-state index contributed by atoms with van der Waals surface area (Å²) in [5.74, 6) is 0. The van der Waals surface area contributed by atoms with Gasteiger partial charge in [0, 0.05) is 11.2 Å². The Bertz CT molecular complexity index is 1070. The van der Waals surface area contributed by atoms with E-state index in [9.17, 15) is 0 Å². The maximum Gasteiger partial charge on any atom is 0.104 e. The summed E-state index contributed by atoms with van der Waals surface area (Å²) in [6, 6.07) is 22.5. The minimum atomic E-state index is 0.0396. The van der Waals surface area contributed by atoms with Crippen molar-refractivity contribution in [2.75, 3.05) is 9.80 Å². The van der Waals surface area contributed by atoms with E-state index < -0.39 is 0 Å². The molecular formula is C26H28N2. The Kier molecular flexibility index (Phi) is 3.64.